The van der Waals surface area contributed by atoms with Gasteiger partial charge in [0.1, 0.15) is 12.4 Å². The van der Waals surface area contributed by atoms with Gasteiger partial charge in [0, 0.05) is 6.04 Å². The number of ether oxygens (including phenoxy) is 1. The molecule has 1 aromatic carbocycles. The summed E-state index contributed by atoms with van der Waals surface area (Å²) in [7, 11) is 0. The fourth-order valence-electron chi connectivity index (χ4n) is 2.56. The van der Waals surface area contributed by atoms with E-state index in [0.29, 0.717) is 11.0 Å². The number of nitrogens with one attached hydrogen (secondary N) is 1. The molecule has 2 aromatic rings. The van der Waals surface area contributed by atoms with E-state index in [-0.39, 0.29) is 24.3 Å². The lowest BCUT2D eigenvalue weighted by molar-refractivity contribution is -0.119. The normalized spacial score (nSPS) is 11.0. The highest BCUT2D eigenvalue weighted by Crippen LogP contribution is 2.19. The quantitative estimate of drug-likeness (QED) is 0.515. The van der Waals surface area contributed by atoms with Crippen LogP contribution in [0.25, 0.3) is 0 Å². The molecule has 0 atom stereocenters. The molecule has 0 saturated heterocycles. The predicted molar refractivity (Wildman–Crippen MR) is 104 cm³/mol. The van der Waals surface area contributed by atoms with E-state index < -0.39 is 0 Å². The number of rotatable bonds is 9. The summed E-state index contributed by atoms with van der Waals surface area (Å²) < 4.78 is 7.14. The van der Waals surface area contributed by atoms with Crippen molar-refractivity contribution in [3.63, 3.8) is 0 Å². The molecule has 26 heavy (non-hydrogen) atoms. The van der Waals surface area contributed by atoms with Crippen molar-refractivity contribution in [2.75, 3.05) is 11.6 Å². The summed E-state index contributed by atoms with van der Waals surface area (Å²) in [5.41, 5.74) is 2.27. The molecule has 8 heteroatoms. The van der Waals surface area contributed by atoms with E-state index >= 15 is 0 Å². The van der Waals surface area contributed by atoms with E-state index in [1.165, 1.54) is 16.4 Å². The van der Waals surface area contributed by atoms with Crippen LogP contribution in [0.15, 0.2) is 23.4 Å². The van der Waals surface area contributed by atoms with Crippen LogP contribution < -0.4 is 15.9 Å². The number of nitrogen functional groups attached to an aromatic ring is 1. The highest BCUT2D eigenvalue weighted by atomic mass is 32.2. The first-order valence-corrected chi connectivity index (χ1v) is 9.74. The number of aryl methyl sites for hydroxylation is 2. The molecule has 2 rings (SSSR count). The second-order valence-corrected chi connectivity index (χ2v) is 7.19. The zero-order valence-corrected chi connectivity index (χ0v) is 16.6. The molecule has 0 bridgehead atoms. The monoisotopic (exact) mass is 377 g/mol. The summed E-state index contributed by atoms with van der Waals surface area (Å²) in [5, 5.41) is 11.6. The largest absolute Gasteiger partial charge is 0.486 e. The number of aromatic nitrogens is 3. The van der Waals surface area contributed by atoms with E-state index in [9.17, 15) is 4.79 Å². The molecule has 1 aromatic heterocycles. The zero-order valence-electron chi connectivity index (χ0n) is 15.8. The maximum Gasteiger partial charge on any atom is 0.230 e. The molecule has 0 saturated carbocycles. The topological polar surface area (TPSA) is 95.1 Å². The molecule has 3 N–H and O–H groups in total. The Labute approximate surface area is 158 Å². The van der Waals surface area contributed by atoms with Gasteiger partial charge in [-0.3, -0.25) is 4.79 Å². The van der Waals surface area contributed by atoms with E-state index in [1.807, 2.05) is 26.0 Å². The lowest BCUT2D eigenvalue weighted by Gasteiger charge is -2.14. The average Bonchev–Trinajstić information content (AvgIpc) is 2.95. The molecule has 0 spiro atoms. The molecule has 0 radical (unpaired) electrons. The molecule has 0 unspecified atom stereocenters. The minimum atomic E-state index is -0.0280. The van der Waals surface area contributed by atoms with Crippen LogP contribution >= 0.6 is 11.8 Å². The first kappa shape index (κ1) is 20.1. The van der Waals surface area contributed by atoms with Gasteiger partial charge in [-0.15, -0.1) is 10.2 Å². The fraction of sp³-hybridized carbons (Fsp3) is 0.500. The smallest absolute Gasteiger partial charge is 0.230 e. The molecule has 1 heterocycles. The number of carbonyl (C=O) groups is 1. The number of hydrogen-bond acceptors (Lipinski definition) is 6. The number of thioether (sulfide) groups is 1. The van der Waals surface area contributed by atoms with Gasteiger partial charge in [-0.1, -0.05) is 31.7 Å². The minimum absolute atomic E-state index is 0.0280. The second-order valence-electron chi connectivity index (χ2n) is 6.25. The van der Waals surface area contributed by atoms with Crippen molar-refractivity contribution in [2.45, 2.75) is 58.3 Å². The number of nitrogens with two attached hydrogens (primary N) is 1. The second kappa shape index (κ2) is 9.47. The maximum absolute atomic E-state index is 12.0. The first-order chi connectivity index (χ1) is 12.4. The Bertz CT molecular complexity index is 723. The predicted octanol–water partition coefficient (Wildman–Crippen LogP) is 2.58. The highest BCUT2D eigenvalue weighted by molar-refractivity contribution is 7.99. The van der Waals surface area contributed by atoms with Gasteiger partial charge in [-0.05, 0) is 49.9 Å². The van der Waals surface area contributed by atoms with Crippen LogP contribution in [-0.2, 0) is 11.4 Å². The Morgan fingerprint density at radius 2 is 1.88 bits per heavy atom. The van der Waals surface area contributed by atoms with Crippen molar-refractivity contribution in [3.8, 4) is 5.75 Å². The molecule has 1 amide bonds. The number of nitrogens with zero attached hydrogens (tertiary/aromatic N) is 3. The third kappa shape index (κ3) is 5.66. The Morgan fingerprint density at radius 1 is 1.23 bits per heavy atom. The highest BCUT2D eigenvalue weighted by Gasteiger charge is 2.14. The third-order valence-corrected chi connectivity index (χ3v) is 4.92. The summed E-state index contributed by atoms with van der Waals surface area (Å²) in [6.07, 6.45) is 1.83. The van der Waals surface area contributed by atoms with E-state index in [2.05, 4.69) is 35.4 Å². The first-order valence-electron chi connectivity index (χ1n) is 8.75. The average molecular weight is 378 g/mol. The van der Waals surface area contributed by atoms with E-state index in [1.54, 1.807) is 0 Å². The molecule has 0 aliphatic heterocycles. The van der Waals surface area contributed by atoms with Gasteiger partial charge in [-0.2, -0.15) is 0 Å². The van der Waals surface area contributed by atoms with E-state index in [0.717, 1.165) is 29.7 Å². The van der Waals surface area contributed by atoms with Gasteiger partial charge < -0.3 is 15.9 Å². The van der Waals surface area contributed by atoms with Crippen molar-refractivity contribution < 1.29 is 9.53 Å². The van der Waals surface area contributed by atoms with Crippen LogP contribution in [0.5, 0.6) is 5.75 Å². The van der Waals surface area contributed by atoms with Gasteiger partial charge in [0.25, 0.3) is 0 Å². The van der Waals surface area contributed by atoms with Gasteiger partial charge in [0.15, 0.2) is 5.82 Å². The van der Waals surface area contributed by atoms with Crippen molar-refractivity contribution in [2.24, 2.45) is 0 Å². The fourth-order valence-corrected chi connectivity index (χ4v) is 3.25. The summed E-state index contributed by atoms with van der Waals surface area (Å²) in [5.74, 6) is 7.53. The van der Waals surface area contributed by atoms with Gasteiger partial charge >= 0.3 is 0 Å². The minimum Gasteiger partial charge on any atom is -0.486 e. The maximum atomic E-state index is 12.0. The number of hydrogen-bond donors (Lipinski definition) is 2. The van der Waals surface area contributed by atoms with Crippen LogP contribution in [0.4, 0.5) is 0 Å². The molecule has 142 valence electrons. The lowest BCUT2D eigenvalue weighted by Crippen LogP contribution is -2.35. The number of benzene rings is 1. The Kier molecular flexibility index (Phi) is 7.32. The van der Waals surface area contributed by atoms with Gasteiger partial charge in [0.05, 0.1) is 5.75 Å². The Balaban J connectivity index is 1.89. The van der Waals surface area contributed by atoms with Crippen LogP contribution in [0.3, 0.4) is 0 Å². The Hall–Kier alpha value is -2.22. The SMILES string of the molecule is CCC(CC)NC(=O)CSc1nnc(COc2cc(C)cc(C)c2)n1N. The summed E-state index contributed by atoms with van der Waals surface area (Å²) >= 11 is 1.26. The molecular weight excluding hydrogens is 350 g/mol. The van der Waals surface area contributed by atoms with Crippen molar-refractivity contribution in [3.05, 3.63) is 35.2 Å². The molecule has 7 nitrogen and oxygen atoms in total. The number of amides is 1. The lowest BCUT2D eigenvalue weighted by atomic mass is 10.1. The molecule has 0 aliphatic rings. The molecule has 0 fully saturated rings. The van der Waals surface area contributed by atoms with Crippen LogP contribution in [0, 0.1) is 13.8 Å². The third-order valence-electron chi connectivity index (χ3n) is 3.98. The van der Waals surface area contributed by atoms with Crippen LogP contribution in [0.1, 0.15) is 43.6 Å². The molecule has 0 aliphatic carbocycles. The van der Waals surface area contributed by atoms with Crippen LogP contribution in [0.2, 0.25) is 0 Å². The summed E-state index contributed by atoms with van der Waals surface area (Å²) in [6.45, 7) is 8.37. The standard InChI is InChI=1S/C18H27N5O2S/c1-5-14(6-2)20-17(24)11-26-18-22-21-16(23(18)19)10-25-15-8-12(3)7-13(4)9-15/h7-9,14H,5-6,10-11,19H2,1-4H3,(H,20,24). The zero-order chi connectivity index (χ0) is 19.1. The summed E-state index contributed by atoms with van der Waals surface area (Å²) in [4.78, 5) is 12.0. The van der Waals surface area contributed by atoms with E-state index in [4.69, 9.17) is 10.6 Å². The van der Waals surface area contributed by atoms with Gasteiger partial charge in [0.2, 0.25) is 11.1 Å². The van der Waals surface area contributed by atoms with Crippen molar-refractivity contribution >= 4 is 17.7 Å². The molecular formula is C18H27N5O2S. The number of carbonyl (C=O) groups excluding carboxylic acids is 1. The van der Waals surface area contributed by atoms with Crippen LogP contribution in [-0.4, -0.2) is 32.6 Å². The van der Waals surface area contributed by atoms with Crippen molar-refractivity contribution in [1.82, 2.24) is 20.2 Å². The summed E-state index contributed by atoms with van der Waals surface area (Å²) in [6, 6.07) is 6.21. The van der Waals surface area contributed by atoms with Crippen molar-refractivity contribution in [1.29, 1.82) is 0 Å². The van der Waals surface area contributed by atoms with Gasteiger partial charge in [-0.25, -0.2) is 4.68 Å². The Morgan fingerprint density at radius 3 is 2.50 bits per heavy atom.